The van der Waals surface area contributed by atoms with Crippen molar-refractivity contribution in [1.82, 2.24) is 0 Å². The Hall–Kier alpha value is -0.120. The fourth-order valence-corrected chi connectivity index (χ4v) is 5.67. The van der Waals surface area contributed by atoms with E-state index < -0.39 is 0 Å². The summed E-state index contributed by atoms with van der Waals surface area (Å²) in [7, 11) is 0. The Balaban J connectivity index is 1.32. The molecule has 1 spiro atoms. The highest BCUT2D eigenvalue weighted by atomic mass is 16.7. The van der Waals surface area contributed by atoms with Gasteiger partial charge in [-0.05, 0) is 75.0 Å². The second kappa shape index (κ2) is 5.82. The Morgan fingerprint density at radius 2 is 1.24 bits per heavy atom. The van der Waals surface area contributed by atoms with Crippen molar-refractivity contribution in [2.45, 2.75) is 76.1 Å². The summed E-state index contributed by atoms with van der Waals surface area (Å²) in [4.78, 5) is 0. The van der Waals surface area contributed by atoms with E-state index >= 15 is 0 Å². The van der Waals surface area contributed by atoms with Crippen molar-refractivity contribution in [3.05, 3.63) is 0 Å². The summed E-state index contributed by atoms with van der Waals surface area (Å²) in [6, 6.07) is 0. The minimum atomic E-state index is -0.192. The topological polar surface area (TPSA) is 38.7 Å². The first kappa shape index (κ1) is 14.5. The zero-order chi connectivity index (χ0) is 14.3. The third-order valence-electron chi connectivity index (χ3n) is 6.90. The Labute approximate surface area is 128 Å². The van der Waals surface area contributed by atoms with Crippen molar-refractivity contribution in [1.29, 1.82) is 0 Å². The summed E-state index contributed by atoms with van der Waals surface area (Å²) in [6.07, 6.45) is 12.4. The molecule has 1 aliphatic heterocycles. The molecule has 3 aliphatic carbocycles. The summed E-state index contributed by atoms with van der Waals surface area (Å²) in [5.41, 5.74) is 0. The molecule has 120 valence electrons. The number of hydrogen-bond acceptors (Lipinski definition) is 3. The van der Waals surface area contributed by atoms with Crippen LogP contribution in [0.15, 0.2) is 0 Å². The number of aliphatic hydroxyl groups is 1. The van der Waals surface area contributed by atoms with Gasteiger partial charge in [0.1, 0.15) is 0 Å². The third-order valence-corrected chi connectivity index (χ3v) is 6.90. The molecule has 4 atom stereocenters. The highest BCUT2D eigenvalue weighted by Gasteiger charge is 2.44. The summed E-state index contributed by atoms with van der Waals surface area (Å²) in [5.74, 6) is 3.36. The minimum Gasteiger partial charge on any atom is -0.393 e. The molecule has 0 amide bonds. The molecule has 1 saturated heterocycles. The summed E-state index contributed by atoms with van der Waals surface area (Å²) in [5, 5.41) is 9.85. The van der Waals surface area contributed by atoms with Gasteiger partial charge in [-0.25, -0.2) is 0 Å². The molecule has 1 N–H and O–H groups in total. The van der Waals surface area contributed by atoms with Gasteiger partial charge in [0.05, 0.1) is 19.3 Å². The molecule has 1 heterocycles. The molecule has 21 heavy (non-hydrogen) atoms. The lowest BCUT2D eigenvalue weighted by atomic mass is 9.62. The lowest BCUT2D eigenvalue weighted by Crippen LogP contribution is -2.39. The van der Waals surface area contributed by atoms with E-state index in [0.29, 0.717) is 0 Å². The fourth-order valence-electron chi connectivity index (χ4n) is 5.67. The van der Waals surface area contributed by atoms with Gasteiger partial charge in [0.2, 0.25) is 0 Å². The average molecular weight is 294 g/mol. The van der Waals surface area contributed by atoms with Crippen LogP contribution in [-0.4, -0.2) is 30.2 Å². The van der Waals surface area contributed by atoms with Gasteiger partial charge in [0, 0.05) is 12.8 Å². The molecule has 0 aromatic carbocycles. The third kappa shape index (κ3) is 2.89. The first-order valence-electron chi connectivity index (χ1n) is 9.20. The van der Waals surface area contributed by atoms with Crippen LogP contribution in [0.1, 0.15) is 64.2 Å². The van der Waals surface area contributed by atoms with Gasteiger partial charge in [-0.15, -0.1) is 0 Å². The highest BCUT2D eigenvalue weighted by Crippen LogP contribution is 2.49. The number of rotatable bonds is 1. The Kier molecular flexibility index (Phi) is 4.01. The first-order chi connectivity index (χ1) is 10.2. The molecule has 0 bridgehead atoms. The smallest absolute Gasteiger partial charge is 0.168 e. The predicted octanol–water partition coefficient (Wildman–Crippen LogP) is 3.50. The molecule has 3 saturated carbocycles. The minimum absolute atomic E-state index is 0.00555. The molecule has 4 aliphatic rings. The van der Waals surface area contributed by atoms with E-state index in [9.17, 15) is 5.11 Å². The van der Waals surface area contributed by atoms with Crippen molar-refractivity contribution >= 4 is 0 Å². The molecule has 3 nitrogen and oxygen atoms in total. The standard InChI is InChI=1S/C18H30O3/c19-17-4-3-15-11-14(1-2-16(15)12-17)13-5-7-18(8-6-13)20-9-10-21-18/h13-17,19H,1-12H2. The number of aliphatic hydroxyl groups excluding tert-OH is 1. The van der Waals surface area contributed by atoms with Crippen LogP contribution in [0.2, 0.25) is 0 Å². The quantitative estimate of drug-likeness (QED) is 0.804. The lowest BCUT2D eigenvalue weighted by molar-refractivity contribution is -0.186. The zero-order valence-electron chi connectivity index (χ0n) is 13.1. The van der Waals surface area contributed by atoms with Crippen LogP contribution >= 0.6 is 0 Å². The van der Waals surface area contributed by atoms with Crippen LogP contribution in [0.4, 0.5) is 0 Å². The van der Waals surface area contributed by atoms with Crippen molar-refractivity contribution < 1.29 is 14.6 Å². The SMILES string of the molecule is OC1CCC2CC(C3CCC4(CC3)OCCO4)CCC2C1. The maximum Gasteiger partial charge on any atom is 0.168 e. The molecular weight excluding hydrogens is 264 g/mol. The molecule has 4 rings (SSSR count). The van der Waals surface area contributed by atoms with E-state index in [-0.39, 0.29) is 11.9 Å². The monoisotopic (exact) mass is 294 g/mol. The second-order valence-electron chi connectivity index (χ2n) is 8.01. The normalized spacial score (nSPS) is 43.9. The highest BCUT2D eigenvalue weighted by molar-refractivity contribution is 4.91. The molecule has 0 aromatic heterocycles. The van der Waals surface area contributed by atoms with E-state index in [1.54, 1.807) is 0 Å². The van der Waals surface area contributed by atoms with Gasteiger partial charge in [-0.3, -0.25) is 0 Å². The summed E-state index contributed by atoms with van der Waals surface area (Å²) < 4.78 is 11.7. The van der Waals surface area contributed by atoms with E-state index in [0.717, 1.165) is 62.6 Å². The van der Waals surface area contributed by atoms with Crippen LogP contribution in [0.5, 0.6) is 0 Å². The van der Waals surface area contributed by atoms with Crippen molar-refractivity contribution in [2.24, 2.45) is 23.7 Å². The van der Waals surface area contributed by atoms with Crippen LogP contribution in [0, 0.1) is 23.7 Å². The number of hydrogen-bond donors (Lipinski definition) is 1. The van der Waals surface area contributed by atoms with E-state index in [2.05, 4.69) is 0 Å². The van der Waals surface area contributed by atoms with Crippen molar-refractivity contribution in [3.63, 3.8) is 0 Å². The van der Waals surface area contributed by atoms with Gasteiger partial charge < -0.3 is 14.6 Å². The largest absolute Gasteiger partial charge is 0.393 e. The summed E-state index contributed by atoms with van der Waals surface area (Å²) in [6.45, 7) is 1.58. The van der Waals surface area contributed by atoms with Crippen molar-refractivity contribution in [3.8, 4) is 0 Å². The first-order valence-corrected chi connectivity index (χ1v) is 9.20. The lowest BCUT2D eigenvalue weighted by Gasteiger charge is -2.45. The van der Waals surface area contributed by atoms with Gasteiger partial charge in [0.25, 0.3) is 0 Å². The maximum atomic E-state index is 9.85. The predicted molar refractivity (Wildman–Crippen MR) is 80.8 cm³/mol. The number of ether oxygens (including phenoxy) is 2. The zero-order valence-corrected chi connectivity index (χ0v) is 13.1. The van der Waals surface area contributed by atoms with Gasteiger partial charge in [-0.1, -0.05) is 0 Å². The average Bonchev–Trinajstić information content (AvgIpc) is 2.96. The maximum absolute atomic E-state index is 9.85. The summed E-state index contributed by atoms with van der Waals surface area (Å²) >= 11 is 0. The molecule has 3 heteroatoms. The van der Waals surface area contributed by atoms with Crippen LogP contribution in [0.3, 0.4) is 0 Å². The van der Waals surface area contributed by atoms with Gasteiger partial charge in [0.15, 0.2) is 5.79 Å². The fraction of sp³-hybridized carbons (Fsp3) is 1.00. The van der Waals surface area contributed by atoms with E-state index in [4.69, 9.17) is 9.47 Å². The molecule has 0 radical (unpaired) electrons. The van der Waals surface area contributed by atoms with E-state index in [1.807, 2.05) is 0 Å². The Morgan fingerprint density at radius 3 is 1.95 bits per heavy atom. The van der Waals surface area contributed by atoms with Crippen LogP contribution in [0.25, 0.3) is 0 Å². The van der Waals surface area contributed by atoms with Gasteiger partial charge >= 0.3 is 0 Å². The van der Waals surface area contributed by atoms with E-state index in [1.165, 1.54) is 38.5 Å². The van der Waals surface area contributed by atoms with Crippen molar-refractivity contribution in [2.75, 3.05) is 13.2 Å². The van der Waals surface area contributed by atoms with Crippen LogP contribution < -0.4 is 0 Å². The molecule has 4 unspecified atom stereocenters. The molecule has 4 fully saturated rings. The van der Waals surface area contributed by atoms with Crippen LogP contribution in [-0.2, 0) is 9.47 Å². The van der Waals surface area contributed by atoms with Gasteiger partial charge in [-0.2, -0.15) is 0 Å². The number of fused-ring (bicyclic) bond motifs is 1. The second-order valence-corrected chi connectivity index (χ2v) is 8.01. The molecular formula is C18H30O3. The Morgan fingerprint density at radius 1 is 0.667 bits per heavy atom. The molecule has 0 aromatic rings. The Bertz CT molecular complexity index is 353.